The molecule has 0 aliphatic heterocycles. The van der Waals surface area contributed by atoms with Gasteiger partial charge in [-0.25, -0.2) is 4.68 Å². The molecular formula is C32H27N5O3S. The van der Waals surface area contributed by atoms with E-state index in [0.29, 0.717) is 16.7 Å². The average molecular weight is 562 g/mol. The third kappa shape index (κ3) is 5.31. The predicted molar refractivity (Wildman–Crippen MR) is 162 cm³/mol. The maximum Gasteiger partial charge on any atom is 0.300 e. The molecule has 8 nitrogen and oxygen atoms in total. The molecule has 0 aliphatic rings. The van der Waals surface area contributed by atoms with Crippen molar-refractivity contribution in [2.75, 3.05) is 6.61 Å². The number of rotatable bonds is 8. The van der Waals surface area contributed by atoms with Gasteiger partial charge in [0.15, 0.2) is 5.69 Å². The molecule has 0 saturated carbocycles. The van der Waals surface area contributed by atoms with Crippen LogP contribution in [0.5, 0.6) is 5.75 Å². The van der Waals surface area contributed by atoms with Crippen molar-refractivity contribution in [2.45, 2.75) is 26.7 Å². The third-order valence-corrected chi connectivity index (χ3v) is 7.66. The van der Waals surface area contributed by atoms with Crippen LogP contribution in [-0.2, 0) is 0 Å². The number of aryl methyl sites for hydroxylation is 1. The minimum absolute atomic E-state index is 0.138. The topological polar surface area (TPSA) is 91.4 Å². The fourth-order valence-corrected chi connectivity index (χ4v) is 5.46. The number of fused-ring (bicyclic) bond motifs is 1. The summed E-state index contributed by atoms with van der Waals surface area (Å²) in [6.45, 7) is 4.83. The summed E-state index contributed by atoms with van der Waals surface area (Å²) in [5, 5.41) is 9.30. The number of thiazole rings is 1. The highest BCUT2D eigenvalue weighted by atomic mass is 32.1. The van der Waals surface area contributed by atoms with Crippen LogP contribution >= 0.6 is 11.3 Å². The molecule has 3 aromatic heterocycles. The van der Waals surface area contributed by atoms with Gasteiger partial charge >= 0.3 is 5.56 Å². The van der Waals surface area contributed by atoms with E-state index in [4.69, 9.17) is 9.84 Å². The highest BCUT2D eigenvalue weighted by Crippen LogP contribution is 2.30. The van der Waals surface area contributed by atoms with Crippen molar-refractivity contribution in [1.29, 1.82) is 0 Å². The number of unbranched alkanes of at least 4 members (excludes halogenated alkanes) is 1. The van der Waals surface area contributed by atoms with Gasteiger partial charge in [0.25, 0.3) is 5.56 Å². The second kappa shape index (κ2) is 11.3. The molecule has 6 aromatic rings. The van der Waals surface area contributed by atoms with Gasteiger partial charge in [-0.15, -0.1) is 0 Å². The summed E-state index contributed by atoms with van der Waals surface area (Å²) in [4.78, 5) is 30.6. The standard InChI is InChI=1S/C32H27N5O3S/c1-3-4-17-40-25-15-16-26(21(2)18-25)28-23(20-36(34-28)24-13-9-6-10-14-24)19-27-31(39)37-32(41-27)33-30(38)29(35-37)22-11-7-5-8-12-22/h5-16,18-20H,3-4,17H2,1-2H3. The first-order valence-electron chi connectivity index (χ1n) is 13.4. The van der Waals surface area contributed by atoms with E-state index in [0.717, 1.165) is 58.0 Å². The smallest absolute Gasteiger partial charge is 0.300 e. The molecule has 3 aromatic carbocycles. The molecule has 0 saturated heterocycles. The molecule has 0 bridgehead atoms. The minimum atomic E-state index is -0.474. The molecule has 6 rings (SSSR count). The molecule has 9 heteroatoms. The fourth-order valence-electron chi connectivity index (χ4n) is 4.57. The van der Waals surface area contributed by atoms with Gasteiger partial charge in [-0.1, -0.05) is 73.2 Å². The lowest BCUT2D eigenvalue weighted by atomic mass is 10.0. The lowest BCUT2D eigenvalue weighted by molar-refractivity contribution is 0.309. The van der Waals surface area contributed by atoms with Crippen molar-refractivity contribution >= 4 is 22.4 Å². The van der Waals surface area contributed by atoms with Crippen LogP contribution in [0.4, 0.5) is 0 Å². The SMILES string of the molecule is CCCCOc1ccc(-c2nn(-c3ccccc3)cc2C=c2sc3nc(=O)c(-c4ccccc4)nn3c2=O)c(C)c1. The molecular weight excluding hydrogens is 534 g/mol. The zero-order chi connectivity index (χ0) is 28.3. The van der Waals surface area contributed by atoms with E-state index in [-0.39, 0.29) is 16.2 Å². The Balaban J connectivity index is 1.49. The van der Waals surface area contributed by atoms with Crippen LogP contribution in [0.3, 0.4) is 0 Å². The number of nitrogens with zero attached hydrogens (tertiary/aromatic N) is 5. The number of hydrogen-bond donors (Lipinski definition) is 0. The van der Waals surface area contributed by atoms with E-state index in [1.165, 1.54) is 4.52 Å². The summed E-state index contributed by atoms with van der Waals surface area (Å²) in [6, 6.07) is 24.8. The van der Waals surface area contributed by atoms with Crippen LogP contribution in [0, 0.1) is 6.92 Å². The quantitative estimate of drug-likeness (QED) is 0.241. The summed E-state index contributed by atoms with van der Waals surface area (Å²) >= 11 is 1.13. The van der Waals surface area contributed by atoms with E-state index in [2.05, 4.69) is 17.0 Å². The average Bonchev–Trinajstić information content (AvgIpc) is 3.54. The number of benzene rings is 3. The number of ether oxygens (including phenoxy) is 1. The summed E-state index contributed by atoms with van der Waals surface area (Å²) in [5.41, 5.74) is 4.24. The Bertz CT molecular complexity index is 2010. The monoisotopic (exact) mass is 561 g/mol. The van der Waals surface area contributed by atoms with Crippen molar-refractivity contribution in [1.82, 2.24) is 24.4 Å². The van der Waals surface area contributed by atoms with E-state index in [9.17, 15) is 9.59 Å². The Morgan fingerprint density at radius 3 is 2.41 bits per heavy atom. The van der Waals surface area contributed by atoms with Crippen molar-refractivity contribution < 1.29 is 4.74 Å². The van der Waals surface area contributed by atoms with Crippen LogP contribution in [0.2, 0.25) is 0 Å². The molecule has 204 valence electrons. The molecule has 0 radical (unpaired) electrons. The lowest BCUT2D eigenvalue weighted by Crippen LogP contribution is -2.26. The summed E-state index contributed by atoms with van der Waals surface area (Å²) in [7, 11) is 0. The Hall–Kier alpha value is -4.89. The summed E-state index contributed by atoms with van der Waals surface area (Å²) in [5.74, 6) is 0.815. The van der Waals surface area contributed by atoms with Gasteiger partial charge in [0.05, 0.1) is 16.8 Å². The minimum Gasteiger partial charge on any atom is -0.494 e. The molecule has 0 fully saturated rings. The number of hydrogen-bond acceptors (Lipinski definition) is 7. The highest BCUT2D eigenvalue weighted by molar-refractivity contribution is 7.15. The Morgan fingerprint density at radius 1 is 0.927 bits per heavy atom. The van der Waals surface area contributed by atoms with E-state index < -0.39 is 5.56 Å². The van der Waals surface area contributed by atoms with Crippen molar-refractivity contribution in [3.63, 3.8) is 0 Å². The van der Waals surface area contributed by atoms with Gasteiger partial charge in [0.2, 0.25) is 4.96 Å². The molecule has 41 heavy (non-hydrogen) atoms. The van der Waals surface area contributed by atoms with Crippen LogP contribution in [0.25, 0.3) is 39.2 Å². The zero-order valence-electron chi connectivity index (χ0n) is 22.7. The van der Waals surface area contributed by atoms with Crippen molar-refractivity contribution in [3.05, 3.63) is 121 Å². The zero-order valence-corrected chi connectivity index (χ0v) is 23.5. The Kier molecular flexibility index (Phi) is 7.26. The Labute approximate surface area is 239 Å². The molecule has 0 atom stereocenters. The van der Waals surface area contributed by atoms with E-state index in [1.807, 2.05) is 79.9 Å². The summed E-state index contributed by atoms with van der Waals surface area (Å²) in [6.07, 6.45) is 5.76. The van der Waals surface area contributed by atoms with Crippen LogP contribution in [0.1, 0.15) is 30.9 Å². The van der Waals surface area contributed by atoms with Gasteiger partial charge in [-0.3, -0.25) is 9.59 Å². The van der Waals surface area contributed by atoms with E-state index >= 15 is 0 Å². The van der Waals surface area contributed by atoms with Crippen molar-refractivity contribution in [2.24, 2.45) is 0 Å². The largest absolute Gasteiger partial charge is 0.494 e. The van der Waals surface area contributed by atoms with Crippen molar-refractivity contribution in [3.8, 4) is 34.0 Å². The summed E-state index contributed by atoms with van der Waals surface area (Å²) < 4.78 is 9.31. The second-order valence-electron chi connectivity index (χ2n) is 9.63. The maximum atomic E-state index is 13.5. The number of para-hydroxylation sites is 1. The molecule has 0 spiro atoms. The molecule has 0 aliphatic carbocycles. The molecule has 0 amide bonds. The van der Waals surface area contributed by atoms with Gasteiger partial charge in [-0.2, -0.15) is 19.7 Å². The van der Waals surface area contributed by atoms with E-state index in [1.54, 1.807) is 22.9 Å². The predicted octanol–water partition coefficient (Wildman–Crippen LogP) is 5.07. The Morgan fingerprint density at radius 2 is 1.68 bits per heavy atom. The highest BCUT2D eigenvalue weighted by Gasteiger charge is 2.16. The molecule has 3 heterocycles. The first-order chi connectivity index (χ1) is 20.0. The van der Waals surface area contributed by atoms with Crippen LogP contribution < -0.4 is 20.4 Å². The van der Waals surface area contributed by atoms with Gasteiger partial charge < -0.3 is 4.74 Å². The first-order valence-corrected chi connectivity index (χ1v) is 14.2. The van der Waals surface area contributed by atoms with Crippen LogP contribution in [0.15, 0.2) is 94.6 Å². The molecule has 0 unspecified atom stereocenters. The fraction of sp³-hybridized carbons (Fsp3) is 0.156. The second-order valence-corrected chi connectivity index (χ2v) is 10.6. The lowest BCUT2D eigenvalue weighted by Gasteiger charge is -2.09. The molecule has 0 N–H and O–H groups in total. The van der Waals surface area contributed by atoms with Gasteiger partial charge in [0, 0.05) is 22.9 Å². The number of aromatic nitrogens is 5. The van der Waals surface area contributed by atoms with Crippen LogP contribution in [-0.4, -0.2) is 31.0 Å². The first kappa shape index (κ1) is 26.3. The van der Waals surface area contributed by atoms with Gasteiger partial charge in [0.1, 0.15) is 11.4 Å². The normalized spacial score (nSPS) is 11.8. The maximum absolute atomic E-state index is 13.5. The third-order valence-electron chi connectivity index (χ3n) is 6.70. The van der Waals surface area contributed by atoms with Gasteiger partial charge in [-0.05, 0) is 55.3 Å².